The van der Waals surface area contributed by atoms with Crippen LogP contribution < -0.4 is 10.1 Å². The molecule has 25 heavy (non-hydrogen) atoms. The Balaban J connectivity index is 1.37. The summed E-state index contributed by atoms with van der Waals surface area (Å²) in [5.74, 6) is 1.87. The number of ether oxygens (including phenoxy) is 1. The zero-order valence-corrected chi connectivity index (χ0v) is 14.1. The van der Waals surface area contributed by atoms with E-state index in [-0.39, 0.29) is 0 Å². The van der Waals surface area contributed by atoms with Gasteiger partial charge in [0.15, 0.2) is 5.65 Å². The minimum absolute atomic E-state index is 0.832. The molecule has 126 valence electrons. The van der Waals surface area contributed by atoms with Gasteiger partial charge in [0.05, 0.1) is 7.11 Å². The summed E-state index contributed by atoms with van der Waals surface area (Å²) < 4.78 is 7.31. The zero-order chi connectivity index (χ0) is 17.1. The Kier molecular flexibility index (Phi) is 4.31. The fourth-order valence-electron chi connectivity index (χ4n) is 3.00. The smallest absolute Gasteiger partial charge is 0.160 e. The summed E-state index contributed by atoms with van der Waals surface area (Å²) in [4.78, 5) is 0. The molecule has 0 fully saturated rings. The molecule has 0 spiro atoms. The van der Waals surface area contributed by atoms with Crippen molar-refractivity contribution in [2.24, 2.45) is 0 Å². The first-order chi connectivity index (χ1) is 12.3. The summed E-state index contributed by atoms with van der Waals surface area (Å²) in [5.41, 5.74) is 2.16. The lowest BCUT2D eigenvalue weighted by Gasteiger charge is -2.07. The Morgan fingerprint density at radius 2 is 1.88 bits per heavy atom. The minimum atomic E-state index is 0.832. The van der Waals surface area contributed by atoms with Gasteiger partial charge in [-0.25, -0.2) is 0 Å². The molecule has 0 saturated carbocycles. The van der Waals surface area contributed by atoms with Gasteiger partial charge in [-0.1, -0.05) is 24.3 Å². The highest BCUT2D eigenvalue weighted by Crippen LogP contribution is 2.21. The van der Waals surface area contributed by atoms with E-state index >= 15 is 0 Å². The first-order valence-electron chi connectivity index (χ1n) is 8.39. The van der Waals surface area contributed by atoms with Gasteiger partial charge in [-0.15, -0.1) is 10.2 Å². The second-order valence-electron chi connectivity index (χ2n) is 6.02. The molecule has 2 aromatic heterocycles. The van der Waals surface area contributed by atoms with Gasteiger partial charge >= 0.3 is 0 Å². The lowest BCUT2D eigenvalue weighted by atomic mass is 10.1. The Bertz CT molecular complexity index is 1010. The maximum atomic E-state index is 5.27. The van der Waals surface area contributed by atoms with Crippen LogP contribution in [0, 0.1) is 0 Å². The molecule has 0 aliphatic heterocycles. The van der Waals surface area contributed by atoms with Crippen LogP contribution in [0.25, 0.3) is 16.4 Å². The van der Waals surface area contributed by atoms with Gasteiger partial charge in [0.2, 0.25) is 0 Å². The van der Waals surface area contributed by atoms with E-state index in [1.54, 1.807) is 7.11 Å². The van der Waals surface area contributed by atoms with Crippen LogP contribution in [-0.4, -0.2) is 28.3 Å². The van der Waals surface area contributed by atoms with Crippen molar-refractivity contribution in [2.75, 3.05) is 13.7 Å². The van der Waals surface area contributed by atoms with Crippen molar-refractivity contribution in [3.8, 4) is 5.75 Å². The van der Waals surface area contributed by atoms with Crippen molar-refractivity contribution in [3.63, 3.8) is 0 Å². The normalized spacial score (nSPS) is 11.2. The summed E-state index contributed by atoms with van der Waals surface area (Å²) >= 11 is 0. The molecule has 0 saturated heterocycles. The van der Waals surface area contributed by atoms with Crippen LogP contribution in [0.3, 0.4) is 0 Å². The van der Waals surface area contributed by atoms with Crippen molar-refractivity contribution in [3.05, 3.63) is 72.2 Å². The minimum Gasteiger partial charge on any atom is -0.497 e. The number of fused-ring (bicyclic) bond motifs is 2. The molecular weight excluding hydrogens is 312 g/mol. The van der Waals surface area contributed by atoms with E-state index < -0.39 is 0 Å². The highest BCUT2D eigenvalue weighted by Gasteiger charge is 2.04. The lowest BCUT2D eigenvalue weighted by molar-refractivity contribution is 0.415. The van der Waals surface area contributed by atoms with Crippen LogP contribution in [0.15, 0.2) is 60.8 Å². The number of rotatable bonds is 6. The predicted octanol–water partition coefficient (Wildman–Crippen LogP) is 3.22. The molecule has 2 heterocycles. The third-order valence-corrected chi connectivity index (χ3v) is 4.35. The molecule has 5 nitrogen and oxygen atoms in total. The van der Waals surface area contributed by atoms with Gasteiger partial charge in [-0.05, 0) is 46.7 Å². The number of methoxy groups -OCH3 is 1. The van der Waals surface area contributed by atoms with Gasteiger partial charge in [0.1, 0.15) is 11.6 Å². The molecule has 0 unspecified atom stereocenters. The van der Waals surface area contributed by atoms with E-state index in [2.05, 4.69) is 45.8 Å². The molecule has 2 aromatic carbocycles. The van der Waals surface area contributed by atoms with Crippen LogP contribution in [0.2, 0.25) is 0 Å². The largest absolute Gasteiger partial charge is 0.497 e. The number of nitrogens with one attached hydrogen (secondary N) is 1. The number of hydrogen-bond acceptors (Lipinski definition) is 4. The van der Waals surface area contributed by atoms with E-state index in [1.807, 2.05) is 34.9 Å². The van der Waals surface area contributed by atoms with E-state index in [0.29, 0.717) is 0 Å². The second kappa shape index (κ2) is 6.91. The van der Waals surface area contributed by atoms with E-state index in [9.17, 15) is 0 Å². The molecule has 4 aromatic rings. The van der Waals surface area contributed by atoms with Crippen molar-refractivity contribution >= 4 is 16.4 Å². The molecule has 0 amide bonds. The molecular formula is C20H20N4O. The Labute approximate surface area is 146 Å². The maximum absolute atomic E-state index is 5.27. The monoisotopic (exact) mass is 332 g/mol. The van der Waals surface area contributed by atoms with Gasteiger partial charge in [0, 0.05) is 25.7 Å². The van der Waals surface area contributed by atoms with Crippen LogP contribution in [0.5, 0.6) is 5.75 Å². The fourth-order valence-corrected chi connectivity index (χ4v) is 3.00. The summed E-state index contributed by atoms with van der Waals surface area (Å²) in [6.07, 6.45) is 2.85. The van der Waals surface area contributed by atoms with E-state index in [0.717, 1.165) is 36.7 Å². The fraction of sp³-hybridized carbons (Fsp3) is 0.200. The van der Waals surface area contributed by atoms with Crippen molar-refractivity contribution in [1.82, 2.24) is 19.9 Å². The van der Waals surface area contributed by atoms with Crippen LogP contribution in [0.4, 0.5) is 0 Å². The number of hydrogen-bond donors (Lipinski definition) is 1. The maximum Gasteiger partial charge on any atom is 0.160 e. The van der Waals surface area contributed by atoms with Crippen LogP contribution in [0.1, 0.15) is 11.4 Å². The SMILES string of the molecule is COc1ccc2cc(CNCCc3nnc4ccccn34)ccc2c1. The number of nitrogens with zero attached hydrogens (tertiary/aromatic N) is 3. The summed E-state index contributed by atoms with van der Waals surface area (Å²) in [5, 5.41) is 14.3. The topological polar surface area (TPSA) is 51.5 Å². The van der Waals surface area contributed by atoms with E-state index in [1.165, 1.54) is 16.3 Å². The molecule has 0 bridgehead atoms. The zero-order valence-electron chi connectivity index (χ0n) is 14.1. The highest BCUT2D eigenvalue weighted by molar-refractivity contribution is 5.84. The highest BCUT2D eigenvalue weighted by atomic mass is 16.5. The third-order valence-electron chi connectivity index (χ3n) is 4.35. The van der Waals surface area contributed by atoms with Gasteiger partial charge in [0.25, 0.3) is 0 Å². The summed E-state index contributed by atoms with van der Waals surface area (Å²) in [6, 6.07) is 18.6. The van der Waals surface area contributed by atoms with Crippen LogP contribution >= 0.6 is 0 Å². The first kappa shape index (κ1) is 15.6. The molecule has 5 heteroatoms. The quantitative estimate of drug-likeness (QED) is 0.551. The van der Waals surface area contributed by atoms with Crippen LogP contribution in [-0.2, 0) is 13.0 Å². The first-order valence-corrected chi connectivity index (χ1v) is 8.39. The van der Waals surface area contributed by atoms with Gasteiger partial charge in [-0.2, -0.15) is 0 Å². The summed E-state index contributed by atoms with van der Waals surface area (Å²) in [6.45, 7) is 1.69. The van der Waals surface area contributed by atoms with Gasteiger partial charge < -0.3 is 10.1 Å². The third kappa shape index (κ3) is 3.32. The molecule has 4 rings (SSSR count). The van der Waals surface area contributed by atoms with Crippen molar-refractivity contribution in [2.45, 2.75) is 13.0 Å². The average Bonchev–Trinajstić information content (AvgIpc) is 3.08. The Hall–Kier alpha value is -2.92. The summed E-state index contributed by atoms with van der Waals surface area (Å²) in [7, 11) is 1.69. The molecule has 0 aliphatic rings. The number of pyridine rings is 1. The number of benzene rings is 2. The standard InChI is InChI=1S/C20H20N4O/c1-25-18-8-7-16-12-15(5-6-17(16)13-18)14-21-10-9-20-23-22-19-4-2-3-11-24(19)20/h2-8,11-13,21H,9-10,14H2,1H3. The predicted molar refractivity (Wildman–Crippen MR) is 98.9 cm³/mol. The number of aromatic nitrogens is 3. The second-order valence-corrected chi connectivity index (χ2v) is 6.02. The molecule has 0 radical (unpaired) electrons. The van der Waals surface area contributed by atoms with E-state index in [4.69, 9.17) is 4.74 Å². The average molecular weight is 332 g/mol. The van der Waals surface area contributed by atoms with Crippen molar-refractivity contribution in [1.29, 1.82) is 0 Å². The van der Waals surface area contributed by atoms with Gasteiger partial charge in [-0.3, -0.25) is 4.40 Å². The molecule has 0 aliphatic carbocycles. The molecule has 1 N–H and O–H groups in total. The molecule has 0 atom stereocenters. The lowest BCUT2D eigenvalue weighted by Crippen LogP contribution is -2.17. The Morgan fingerprint density at radius 1 is 1.00 bits per heavy atom. The van der Waals surface area contributed by atoms with Crippen molar-refractivity contribution < 1.29 is 4.74 Å². The Morgan fingerprint density at radius 3 is 2.80 bits per heavy atom.